The molecule has 1 aromatic heterocycles. The standard InChI is InChI=1S/C17H26O5/c1-3-4-5-6-7-8-9-10-11-21-17(20)15-14(16(18)19)12-13(2)22-15/h12H,3-11H2,1-2H3,(H,18,19). The van der Waals surface area contributed by atoms with E-state index in [1.165, 1.54) is 38.2 Å². The van der Waals surface area contributed by atoms with Crippen molar-refractivity contribution in [3.63, 3.8) is 0 Å². The first kappa shape index (κ1) is 18.3. The SMILES string of the molecule is CCCCCCCCCCOC(=O)c1oc(C)cc1C(=O)O. The van der Waals surface area contributed by atoms with Crippen molar-refractivity contribution in [1.29, 1.82) is 0 Å². The summed E-state index contributed by atoms with van der Waals surface area (Å²) in [5, 5.41) is 8.99. The van der Waals surface area contributed by atoms with Crippen LogP contribution in [-0.4, -0.2) is 23.7 Å². The van der Waals surface area contributed by atoms with E-state index in [9.17, 15) is 9.59 Å². The molecule has 1 aromatic rings. The van der Waals surface area contributed by atoms with Crippen molar-refractivity contribution in [3.8, 4) is 0 Å². The van der Waals surface area contributed by atoms with Gasteiger partial charge in [-0.05, 0) is 19.4 Å². The first-order chi connectivity index (χ1) is 10.6. The highest BCUT2D eigenvalue weighted by Gasteiger charge is 2.23. The minimum atomic E-state index is -1.18. The number of hydrogen-bond acceptors (Lipinski definition) is 4. The molecule has 1 rings (SSSR count). The van der Waals surface area contributed by atoms with E-state index in [4.69, 9.17) is 14.3 Å². The van der Waals surface area contributed by atoms with Crippen LogP contribution in [0.4, 0.5) is 0 Å². The quantitative estimate of drug-likeness (QED) is 0.478. The largest absolute Gasteiger partial charge is 0.478 e. The number of hydrogen-bond donors (Lipinski definition) is 1. The highest BCUT2D eigenvalue weighted by Crippen LogP contribution is 2.16. The molecule has 0 aromatic carbocycles. The Morgan fingerprint density at radius 1 is 1.09 bits per heavy atom. The molecule has 124 valence electrons. The fourth-order valence-corrected chi connectivity index (χ4v) is 2.29. The van der Waals surface area contributed by atoms with Gasteiger partial charge in [0.25, 0.3) is 0 Å². The first-order valence-corrected chi connectivity index (χ1v) is 8.07. The molecule has 0 amide bonds. The van der Waals surface area contributed by atoms with Crippen LogP contribution in [0.25, 0.3) is 0 Å². The van der Waals surface area contributed by atoms with Gasteiger partial charge >= 0.3 is 11.9 Å². The number of ether oxygens (including phenoxy) is 1. The summed E-state index contributed by atoms with van der Waals surface area (Å²) in [4.78, 5) is 22.8. The van der Waals surface area contributed by atoms with Gasteiger partial charge in [-0.15, -0.1) is 0 Å². The molecule has 0 spiro atoms. The number of unbranched alkanes of at least 4 members (excludes halogenated alkanes) is 7. The first-order valence-electron chi connectivity index (χ1n) is 8.07. The van der Waals surface area contributed by atoms with E-state index in [2.05, 4.69) is 6.92 Å². The van der Waals surface area contributed by atoms with E-state index in [1.54, 1.807) is 6.92 Å². The van der Waals surface area contributed by atoms with Gasteiger partial charge in [0.1, 0.15) is 11.3 Å². The molecule has 0 unspecified atom stereocenters. The highest BCUT2D eigenvalue weighted by atomic mass is 16.5. The molecule has 22 heavy (non-hydrogen) atoms. The maximum Gasteiger partial charge on any atom is 0.375 e. The lowest BCUT2D eigenvalue weighted by Crippen LogP contribution is -2.10. The molecule has 0 fully saturated rings. The summed E-state index contributed by atoms with van der Waals surface area (Å²) in [6.45, 7) is 4.10. The third-order valence-corrected chi connectivity index (χ3v) is 3.50. The molecule has 0 aliphatic carbocycles. The Labute approximate surface area is 131 Å². The smallest absolute Gasteiger partial charge is 0.375 e. The monoisotopic (exact) mass is 310 g/mol. The van der Waals surface area contributed by atoms with Crippen molar-refractivity contribution in [3.05, 3.63) is 23.2 Å². The summed E-state index contributed by atoms with van der Waals surface area (Å²) < 4.78 is 10.2. The zero-order valence-corrected chi connectivity index (χ0v) is 13.5. The lowest BCUT2D eigenvalue weighted by Gasteiger charge is -2.04. The van der Waals surface area contributed by atoms with Gasteiger partial charge < -0.3 is 14.3 Å². The third-order valence-electron chi connectivity index (χ3n) is 3.50. The summed E-state index contributed by atoms with van der Waals surface area (Å²) in [6, 6.07) is 1.33. The fraction of sp³-hybridized carbons (Fsp3) is 0.647. The van der Waals surface area contributed by atoms with Crippen molar-refractivity contribution in [2.24, 2.45) is 0 Å². The van der Waals surface area contributed by atoms with E-state index in [0.717, 1.165) is 19.3 Å². The van der Waals surface area contributed by atoms with Gasteiger partial charge in [-0.25, -0.2) is 9.59 Å². The van der Waals surface area contributed by atoms with Crippen LogP contribution in [0.3, 0.4) is 0 Å². The van der Waals surface area contributed by atoms with Gasteiger partial charge in [0.05, 0.1) is 6.61 Å². The van der Waals surface area contributed by atoms with E-state index < -0.39 is 11.9 Å². The van der Waals surface area contributed by atoms with Crippen LogP contribution in [-0.2, 0) is 4.74 Å². The van der Waals surface area contributed by atoms with Gasteiger partial charge in [0, 0.05) is 0 Å². The van der Waals surface area contributed by atoms with E-state index in [-0.39, 0.29) is 11.3 Å². The van der Waals surface area contributed by atoms with Gasteiger partial charge in [-0.2, -0.15) is 0 Å². The van der Waals surface area contributed by atoms with E-state index in [0.29, 0.717) is 12.4 Å². The molecule has 0 bridgehead atoms. The summed E-state index contributed by atoms with van der Waals surface area (Å²) in [5.41, 5.74) is -0.140. The average Bonchev–Trinajstić information content (AvgIpc) is 2.87. The number of rotatable bonds is 11. The van der Waals surface area contributed by atoms with Gasteiger partial charge in [0.2, 0.25) is 5.76 Å². The third kappa shape index (κ3) is 6.33. The maximum atomic E-state index is 11.8. The molecule has 0 radical (unpaired) electrons. The summed E-state index contributed by atoms with van der Waals surface area (Å²) in [5.74, 6) is -1.72. The highest BCUT2D eigenvalue weighted by molar-refractivity contribution is 6.00. The van der Waals surface area contributed by atoms with Crippen LogP contribution in [0.5, 0.6) is 0 Å². The van der Waals surface area contributed by atoms with Gasteiger partial charge in [0.15, 0.2) is 0 Å². The second-order valence-electron chi connectivity index (χ2n) is 5.52. The average molecular weight is 310 g/mol. The Balaban J connectivity index is 2.20. The minimum absolute atomic E-state index is 0.140. The Bertz CT molecular complexity index is 475. The number of carboxylic acid groups (broad SMARTS) is 1. The van der Waals surface area contributed by atoms with Gasteiger partial charge in [-0.3, -0.25) is 0 Å². The molecule has 0 aliphatic rings. The van der Waals surface area contributed by atoms with Crippen LogP contribution >= 0.6 is 0 Å². The molecule has 0 saturated heterocycles. The second kappa shape index (κ2) is 10.0. The molecular formula is C17H26O5. The molecule has 5 nitrogen and oxygen atoms in total. The molecule has 1 N–H and O–H groups in total. The zero-order chi connectivity index (χ0) is 16.4. The van der Waals surface area contributed by atoms with Crippen LogP contribution in [0, 0.1) is 6.92 Å². The Morgan fingerprint density at radius 2 is 1.68 bits per heavy atom. The maximum absolute atomic E-state index is 11.8. The molecule has 0 atom stereocenters. The number of aryl methyl sites for hydroxylation is 1. The Morgan fingerprint density at radius 3 is 2.27 bits per heavy atom. The predicted octanol–water partition coefficient (Wildman–Crippen LogP) is 4.58. The van der Waals surface area contributed by atoms with Gasteiger partial charge in [-0.1, -0.05) is 51.9 Å². The summed E-state index contributed by atoms with van der Waals surface area (Å²) >= 11 is 0. The van der Waals surface area contributed by atoms with Crippen LogP contribution in [0.2, 0.25) is 0 Å². The number of carbonyl (C=O) groups excluding carboxylic acids is 1. The van der Waals surface area contributed by atoms with Crippen molar-refractivity contribution in [2.45, 2.75) is 65.2 Å². The van der Waals surface area contributed by atoms with Crippen LogP contribution in [0.15, 0.2) is 10.5 Å². The van der Waals surface area contributed by atoms with Crippen LogP contribution < -0.4 is 0 Å². The lowest BCUT2D eigenvalue weighted by molar-refractivity contribution is 0.0449. The fourth-order valence-electron chi connectivity index (χ4n) is 2.29. The van der Waals surface area contributed by atoms with Crippen molar-refractivity contribution < 1.29 is 23.8 Å². The number of esters is 1. The van der Waals surface area contributed by atoms with Crippen LogP contribution in [0.1, 0.15) is 85.0 Å². The minimum Gasteiger partial charge on any atom is -0.478 e. The zero-order valence-electron chi connectivity index (χ0n) is 13.5. The topological polar surface area (TPSA) is 76.7 Å². The summed E-state index contributed by atoms with van der Waals surface area (Å²) in [6.07, 6.45) is 9.27. The van der Waals surface area contributed by atoms with E-state index >= 15 is 0 Å². The number of furan rings is 1. The molecule has 1 heterocycles. The lowest BCUT2D eigenvalue weighted by atomic mass is 10.1. The van der Waals surface area contributed by atoms with E-state index in [1.807, 2.05) is 0 Å². The van der Waals surface area contributed by atoms with Crippen molar-refractivity contribution >= 4 is 11.9 Å². The normalized spacial score (nSPS) is 10.6. The molecule has 0 aliphatic heterocycles. The molecule has 0 saturated carbocycles. The second-order valence-corrected chi connectivity index (χ2v) is 5.52. The number of carbonyl (C=O) groups is 2. The van der Waals surface area contributed by atoms with Crippen molar-refractivity contribution in [2.75, 3.05) is 6.61 Å². The van der Waals surface area contributed by atoms with Crippen molar-refractivity contribution in [1.82, 2.24) is 0 Å². The summed E-state index contributed by atoms with van der Waals surface area (Å²) in [7, 11) is 0. The number of carboxylic acids is 1. The Hall–Kier alpha value is -1.78. The number of aromatic carboxylic acids is 1. The Kier molecular flexibility index (Phi) is 8.33. The molecular weight excluding hydrogens is 284 g/mol. The predicted molar refractivity (Wildman–Crippen MR) is 83.3 cm³/mol. The molecule has 5 heteroatoms.